The summed E-state index contributed by atoms with van der Waals surface area (Å²) in [5.41, 5.74) is 10.1. The Morgan fingerprint density at radius 2 is 1.88 bits per heavy atom. The van der Waals surface area contributed by atoms with Gasteiger partial charge in [0.1, 0.15) is 12.4 Å². The summed E-state index contributed by atoms with van der Waals surface area (Å²) < 4.78 is 10.4. The van der Waals surface area contributed by atoms with Gasteiger partial charge in [0.15, 0.2) is 5.11 Å². The van der Waals surface area contributed by atoms with E-state index in [0.717, 1.165) is 16.9 Å². The summed E-state index contributed by atoms with van der Waals surface area (Å²) in [6, 6.07) is 14.5. The molecular formula is C17H17N3O3S. The van der Waals surface area contributed by atoms with Crippen LogP contribution in [0.3, 0.4) is 0 Å². The monoisotopic (exact) mass is 343 g/mol. The van der Waals surface area contributed by atoms with Crippen LogP contribution in [0.1, 0.15) is 21.5 Å². The fourth-order valence-corrected chi connectivity index (χ4v) is 1.89. The quantitative estimate of drug-likeness (QED) is 0.362. The number of carbonyl (C=O) groups is 1. The second-order valence-electron chi connectivity index (χ2n) is 4.78. The molecule has 0 saturated heterocycles. The summed E-state index contributed by atoms with van der Waals surface area (Å²) in [5, 5.41) is 3.99. The van der Waals surface area contributed by atoms with Crippen LogP contribution in [0.4, 0.5) is 0 Å². The number of benzene rings is 2. The van der Waals surface area contributed by atoms with E-state index in [1.807, 2.05) is 36.4 Å². The van der Waals surface area contributed by atoms with Crippen molar-refractivity contribution >= 4 is 29.5 Å². The highest BCUT2D eigenvalue weighted by Gasteiger charge is 2.04. The first kappa shape index (κ1) is 17.4. The molecule has 0 aromatic heterocycles. The molecule has 0 aliphatic carbocycles. The van der Waals surface area contributed by atoms with Gasteiger partial charge in [-0.3, -0.25) is 5.43 Å². The Bertz CT molecular complexity index is 728. The van der Waals surface area contributed by atoms with Crippen molar-refractivity contribution in [2.45, 2.75) is 6.61 Å². The Morgan fingerprint density at radius 3 is 2.46 bits per heavy atom. The minimum atomic E-state index is -0.357. The lowest BCUT2D eigenvalue weighted by Gasteiger charge is -2.07. The lowest BCUT2D eigenvalue weighted by atomic mass is 10.1. The Morgan fingerprint density at radius 1 is 1.21 bits per heavy atom. The zero-order chi connectivity index (χ0) is 17.4. The summed E-state index contributed by atoms with van der Waals surface area (Å²) >= 11 is 4.65. The fourth-order valence-electron chi connectivity index (χ4n) is 1.84. The lowest BCUT2D eigenvalue weighted by molar-refractivity contribution is 0.0600. The average Bonchev–Trinajstić information content (AvgIpc) is 2.60. The van der Waals surface area contributed by atoms with Crippen LogP contribution in [0.25, 0.3) is 0 Å². The molecule has 0 aliphatic heterocycles. The standard InChI is InChI=1S/C17H17N3O3S/c1-22-16(21)14-6-2-13(3-7-14)11-23-15-8-4-12(5-9-15)10-19-20-17(18)24/h2-10H,11H2,1H3,(H3,18,20,24)/b19-10-. The molecule has 0 bridgehead atoms. The van der Waals surface area contributed by atoms with Crippen LogP contribution in [0, 0.1) is 0 Å². The number of hydrogen-bond donors (Lipinski definition) is 2. The van der Waals surface area contributed by atoms with Crippen LogP contribution >= 0.6 is 12.2 Å². The van der Waals surface area contributed by atoms with E-state index in [1.165, 1.54) is 7.11 Å². The molecule has 0 aliphatic rings. The van der Waals surface area contributed by atoms with Gasteiger partial charge in [0.25, 0.3) is 0 Å². The van der Waals surface area contributed by atoms with E-state index in [9.17, 15) is 4.79 Å². The summed E-state index contributed by atoms with van der Waals surface area (Å²) in [6.45, 7) is 0.401. The average molecular weight is 343 g/mol. The molecular weight excluding hydrogens is 326 g/mol. The Labute approximate surface area is 145 Å². The molecule has 0 unspecified atom stereocenters. The predicted octanol–water partition coefficient (Wildman–Crippen LogP) is 2.22. The van der Waals surface area contributed by atoms with E-state index >= 15 is 0 Å². The lowest BCUT2D eigenvalue weighted by Crippen LogP contribution is -2.23. The third-order valence-electron chi connectivity index (χ3n) is 3.05. The highest BCUT2D eigenvalue weighted by atomic mass is 32.1. The molecule has 6 nitrogen and oxygen atoms in total. The van der Waals surface area contributed by atoms with Gasteiger partial charge in [-0.15, -0.1) is 0 Å². The highest BCUT2D eigenvalue weighted by molar-refractivity contribution is 7.80. The van der Waals surface area contributed by atoms with Crippen LogP contribution in [-0.4, -0.2) is 24.4 Å². The van der Waals surface area contributed by atoms with E-state index < -0.39 is 0 Å². The van der Waals surface area contributed by atoms with Gasteiger partial charge in [0.05, 0.1) is 18.9 Å². The van der Waals surface area contributed by atoms with E-state index in [-0.39, 0.29) is 11.1 Å². The number of hydrogen-bond acceptors (Lipinski definition) is 5. The molecule has 2 aromatic carbocycles. The summed E-state index contributed by atoms with van der Waals surface area (Å²) in [5.74, 6) is 0.371. The first-order valence-electron chi connectivity index (χ1n) is 7.07. The van der Waals surface area contributed by atoms with Crippen LogP contribution in [0.2, 0.25) is 0 Å². The molecule has 24 heavy (non-hydrogen) atoms. The van der Waals surface area contributed by atoms with E-state index in [4.69, 9.17) is 10.5 Å². The normalized spacial score (nSPS) is 10.4. The van der Waals surface area contributed by atoms with Crippen molar-refractivity contribution in [3.63, 3.8) is 0 Å². The summed E-state index contributed by atoms with van der Waals surface area (Å²) in [6.07, 6.45) is 1.61. The first-order chi connectivity index (χ1) is 11.6. The van der Waals surface area contributed by atoms with Crippen molar-refractivity contribution in [3.05, 3.63) is 65.2 Å². The van der Waals surface area contributed by atoms with Gasteiger partial charge in [0.2, 0.25) is 0 Å². The number of nitrogens with zero attached hydrogens (tertiary/aromatic N) is 1. The molecule has 0 amide bonds. The van der Waals surface area contributed by atoms with Gasteiger partial charge in [-0.2, -0.15) is 5.10 Å². The highest BCUT2D eigenvalue weighted by Crippen LogP contribution is 2.14. The number of hydrazone groups is 1. The van der Waals surface area contributed by atoms with Gasteiger partial charge in [0, 0.05) is 0 Å². The third-order valence-corrected chi connectivity index (χ3v) is 3.14. The van der Waals surface area contributed by atoms with Crippen molar-refractivity contribution in [2.24, 2.45) is 10.8 Å². The maximum Gasteiger partial charge on any atom is 0.337 e. The molecule has 0 saturated carbocycles. The minimum Gasteiger partial charge on any atom is -0.489 e. The fraction of sp³-hybridized carbons (Fsp3) is 0.118. The number of ether oxygens (including phenoxy) is 2. The van der Waals surface area contributed by atoms with Crippen LogP contribution in [0.15, 0.2) is 53.6 Å². The summed E-state index contributed by atoms with van der Waals surface area (Å²) in [7, 11) is 1.36. The second-order valence-corrected chi connectivity index (χ2v) is 5.22. The van der Waals surface area contributed by atoms with Gasteiger partial charge in [-0.25, -0.2) is 4.79 Å². The number of nitrogens with two attached hydrogens (primary N) is 1. The summed E-state index contributed by atoms with van der Waals surface area (Å²) in [4.78, 5) is 11.4. The molecule has 2 aromatic rings. The molecule has 3 N–H and O–H groups in total. The number of esters is 1. The van der Waals surface area contributed by atoms with Gasteiger partial charge in [-0.05, 0) is 59.7 Å². The predicted molar refractivity (Wildman–Crippen MR) is 96.1 cm³/mol. The number of carbonyl (C=O) groups excluding carboxylic acids is 1. The Balaban J connectivity index is 1.89. The molecule has 124 valence electrons. The number of methoxy groups -OCH3 is 1. The van der Waals surface area contributed by atoms with Crippen molar-refractivity contribution in [1.29, 1.82) is 0 Å². The zero-order valence-corrected chi connectivity index (χ0v) is 13.9. The second kappa shape index (κ2) is 8.64. The molecule has 2 rings (SSSR count). The van der Waals surface area contributed by atoms with Crippen LogP contribution in [0.5, 0.6) is 5.75 Å². The largest absolute Gasteiger partial charge is 0.489 e. The van der Waals surface area contributed by atoms with E-state index in [2.05, 4.69) is 27.5 Å². The molecule has 0 spiro atoms. The molecule has 0 radical (unpaired) electrons. The van der Waals surface area contributed by atoms with Gasteiger partial charge >= 0.3 is 5.97 Å². The molecule has 0 heterocycles. The maximum absolute atomic E-state index is 11.4. The maximum atomic E-state index is 11.4. The van der Waals surface area contributed by atoms with E-state index in [0.29, 0.717) is 12.2 Å². The number of nitrogens with one attached hydrogen (secondary N) is 1. The van der Waals surface area contributed by atoms with Crippen LogP contribution < -0.4 is 15.9 Å². The molecule has 0 fully saturated rings. The first-order valence-corrected chi connectivity index (χ1v) is 7.48. The molecule has 0 atom stereocenters. The van der Waals surface area contributed by atoms with Crippen molar-refractivity contribution in [1.82, 2.24) is 5.43 Å². The van der Waals surface area contributed by atoms with Gasteiger partial charge < -0.3 is 15.2 Å². The Hall–Kier alpha value is -2.93. The van der Waals surface area contributed by atoms with Crippen LogP contribution in [-0.2, 0) is 11.3 Å². The molecule has 7 heteroatoms. The Kier molecular flexibility index (Phi) is 6.27. The zero-order valence-electron chi connectivity index (χ0n) is 13.1. The van der Waals surface area contributed by atoms with Crippen molar-refractivity contribution in [2.75, 3.05) is 7.11 Å². The van der Waals surface area contributed by atoms with Crippen molar-refractivity contribution < 1.29 is 14.3 Å². The topological polar surface area (TPSA) is 85.9 Å². The minimum absolute atomic E-state index is 0.115. The van der Waals surface area contributed by atoms with Gasteiger partial charge in [-0.1, -0.05) is 12.1 Å². The van der Waals surface area contributed by atoms with E-state index in [1.54, 1.807) is 18.3 Å². The number of rotatable bonds is 6. The third kappa shape index (κ3) is 5.36. The van der Waals surface area contributed by atoms with Crippen molar-refractivity contribution in [3.8, 4) is 5.75 Å². The SMILES string of the molecule is COC(=O)c1ccc(COc2ccc(/C=N\NC(N)=S)cc2)cc1. The number of thiocarbonyl (C=S) groups is 1. The smallest absolute Gasteiger partial charge is 0.337 e.